The number of halogens is 1. The molecule has 0 radical (unpaired) electrons. The van der Waals surface area contributed by atoms with Crippen LogP contribution in [0.15, 0.2) is 29.6 Å². The molecule has 0 saturated carbocycles. The van der Waals surface area contributed by atoms with E-state index in [4.69, 9.17) is 23.8 Å². The molecule has 6 heteroatoms. The van der Waals surface area contributed by atoms with Crippen molar-refractivity contribution in [1.29, 1.82) is 0 Å². The summed E-state index contributed by atoms with van der Waals surface area (Å²) < 4.78 is 0. The summed E-state index contributed by atoms with van der Waals surface area (Å²) in [5.41, 5.74) is 3.09. The average molecular weight is 368 g/mol. The molecule has 0 aliphatic carbocycles. The van der Waals surface area contributed by atoms with Crippen LogP contribution in [0.3, 0.4) is 0 Å². The Morgan fingerprint density at radius 2 is 2.09 bits per heavy atom. The van der Waals surface area contributed by atoms with E-state index in [-0.39, 0.29) is 6.04 Å². The zero-order valence-corrected chi connectivity index (χ0v) is 16.2. The number of likely N-dealkylation sites (N-methyl/N-ethyl adjacent to an activating group) is 1. The van der Waals surface area contributed by atoms with E-state index in [0.717, 1.165) is 23.4 Å². The zero-order chi connectivity index (χ0) is 17.0. The van der Waals surface area contributed by atoms with Crippen LogP contribution in [0.2, 0.25) is 5.02 Å². The van der Waals surface area contributed by atoms with Gasteiger partial charge in [0.2, 0.25) is 0 Å². The summed E-state index contributed by atoms with van der Waals surface area (Å²) in [6, 6.07) is 8.53. The fourth-order valence-corrected chi connectivity index (χ4v) is 3.92. The maximum atomic E-state index is 6.32. The van der Waals surface area contributed by atoms with Crippen molar-refractivity contribution in [2.75, 3.05) is 26.0 Å². The molecule has 0 bridgehead atoms. The molecule has 0 fully saturated rings. The maximum Gasteiger partial charge on any atom is 0.170 e. The molecule has 2 aromatic rings. The van der Waals surface area contributed by atoms with E-state index in [0.29, 0.717) is 10.1 Å². The highest BCUT2D eigenvalue weighted by atomic mass is 35.5. The summed E-state index contributed by atoms with van der Waals surface area (Å²) in [4.78, 5) is 3.50. The highest BCUT2D eigenvalue weighted by molar-refractivity contribution is 7.80. The van der Waals surface area contributed by atoms with Crippen LogP contribution in [0, 0.1) is 13.8 Å². The van der Waals surface area contributed by atoms with Gasteiger partial charge in [0.1, 0.15) is 0 Å². The number of benzene rings is 1. The van der Waals surface area contributed by atoms with Crippen LogP contribution in [0.5, 0.6) is 0 Å². The molecule has 1 aromatic heterocycles. The lowest BCUT2D eigenvalue weighted by atomic mass is 10.1. The standard InChI is InChI=1S/C17H22ClN3S2/c1-11-8-12(2)16(13(18)9-11)20-17(22)19-10-14(21(3)4)15-6-5-7-23-15/h5-9,14H,10H2,1-4H3,(H2,19,20,22)/t14-/m1/s1. The molecule has 2 rings (SSSR count). The molecular weight excluding hydrogens is 346 g/mol. The van der Waals surface area contributed by atoms with E-state index in [1.807, 2.05) is 19.9 Å². The van der Waals surface area contributed by atoms with Crippen LogP contribution >= 0.6 is 35.2 Å². The van der Waals surface area contributed by atoms with Gasteiger partial charge in [-0.25, -0.2) is 0 Å². The van der Waals surface area contributed by atoms with Gasteiger partial charge in [0.15, 0.2) is 5.11 Å². The number of thiophene rings is 1. The minimum Gasteiger partial charge on any atom is -0.360 e. The lowest BCUT2D eigenvalue weighted by Crippen LogP contribution is -2.36. The predicted octanol–water partition coefficient (Wildman–Crippen LogP) is 4.61. The van der Waals surface area contributed by atoms with Crippen molar-refractivity contribution in [3.05, 3.63) is 50.7 Å². The quantitative estimate of drug-likeness (QED) is 0.755. The molecule has 0 aliphatic heterocycles. The van der Waals surface area contributed by atoms with Crippen molar-refractivity contribution in [1.82, 2.24) is 10.2 Å². The Kier molecular flexibility index (Phi) is 6.41. The molecule has 0 unspecified atom stereocenters. The van der Waals surface area contributed by atoms with E-state index in [1.165, 1.54) is 4.88 Å². The normalized spacial score (nSPS) is 12.3. The Labute approximate surface area is 152 Å². The lowest BCUT2D eigenvalue weighted by molar-refractivity contribution is 0.303. The minimum atomic E-state index is 0.282. The van der Waals surface area contributed by atoms with E-state index in [1.54, 1.807) is 11.3 Å². The summed E-state index contributed by atoms with van der Waals surface area (Å²) in [5, 5.41) is 9.88. The molecular formula is C17H22ClN3S2. The summed E-state index contributed by atoms with van der Waals surface area (Å²) >= 11 is 13.5. The number of aryl methyl sites for hydroxylation is 2. The van der Waals surface area contributed by atoms with Gasteiger partial charge >= 0.3 is 0 Å². The van der Waals surface area contributed by atoms with E-state index in [9.17, 15) is 0 Å². The summed E-state index contributed by atoms with van der Waals surface area (Å²) in [5.74, 6) is 0. The van der Waals surface area contributed by atoms with Crippen LogP contribution in [0.1, 0.15) is 22.0 Å². The Morgan fingerprint density at radius 3 is 2.65 bits per heavy atom. The number of hydrogen-bond donors (Lipinski definition) is 2. The maximum absolute atomic E-state index is 6.32. The van der Waals surface area contributed by atoms with Crippen LogP contribution in [-0.4, -0.2) is 30.7 Å². The van der Waals surface area contributed by atoms with Crippen molar-refractivity contribution in [2.45, 2.75) is 19.9 Å². The summed E-state index contributed by atoms with van der Waals surface area (Å²) in [6.07, 6.45) is 0. The van der Waals surface area contributed by atoms with Gasteiger partial charge in [-0.2, -0.15) is 0 Å². The van der Waals surface area contributed by atoms with Crippen molar-refractivity contribution >= 4 is 46.0 Å². The molecule has 0 spiro atoms. The summed E-state index contributed by atoms with van der Waals surface area (Å²) in [7, 11) is 4.15. The second-order valence-electron chi connectivity index (χ2n) is 5.77. The van der Waals surface area contributed by atoms with Gasteiger partial charge in [-0.05, 0) is 68.8 Å². The highest BCUT2D eigenvalue weighted by Crippen LogP contribution is 2.27. The van der Waals surface area contributed by atoms with Gasteiger partial charge < -0.3 is 15.5 Å². The van der Waals surface area contributed by atoms with Crippen LogP contribution in [0.4, 0.5) is 5.69 Å². The van der Waals surface area contributed by atoms with E-state index >= 15 is 0 Å². The molecule has 0 saturated heterocycles. The van der Waals surface area contributed by atoms with Gasteiger partial charge in [0.05, 0.1) is 16.8 Å². The van der Waals surface area contributed by atoms with Crippen molar-refractivity contribution in [3.63, 3.8) is 0 Å². The first kappa shape index (κ1) is 18.2. The number of nitrogens with one attached hydrogen (secondary N) is 2. The number of thiocarbonyl (C=S) groups is 1. The molecule has 1 atom stereocenters. The molecule has 0 amide bonds. The molecule has 3 nitrogen and oxygen atoms in total. The second kappa shape index (κ2) is 8.11. The number of rotatable bonds is 5. The Bertz CT molecular complexity index is 645. The summed E-state index contributed by atoms with van der Waals surface area (Å²) in [6.45, 7) is 4.79. The van der Waals surface area contributed by atoms with Crippen molar-refractivity contribution in [2.24, 2.45) is 0 Å². The SMILES string of the molecule is Cc1cc(C)c(NC(=S)NC[C@H](c2cccs2)N(C)C)c(Cl)c1. The minimum absolute atomic E-state index is 0.282. The third-order valence-electron chi connectivity index (χ3n) is 3.62. The highest BCUT2D eigenvalue weighted by Gasteiger charge is 2.15. The Hall–Kier alpha value is -1.14. The number of anilines is 1. The Morgan fingerprint density at radius 1 is 1.35 bits per heavy atom. The van der Waals surface area contributed by atoms with E-state index < -0.39 is 0 Å². The molecule has 124 valence electrons. The van der Waals surface area contributed by atoms with Gasteiger partial charge in [0.25, 0.3) is 0 Å². The van der Waals surface area contributed by atoms with Crippen molar-refractivity contribution in [3.8, 4) is 0 Å². The molecule has 23 heavy (non-hydrogen) atoms. The van der Waals surface area contributed by atoms with Crippen molar-refractivity contribution < 1.29 is 0 Å². The van der Waals surface area contributed by atoms with Gasteiger partial charge in [-0.15, -0.1) is 11.3 Å². The smallest absolute Gasteiger partial charge is 0.170 e. The predicted molar refractivity (Wildman–Crippen MR) is 106 cm³/mol. The number of hydrogen-bond acceptors (Lipinski definition) is 3. The van der Waals surface area contributed by atoms with Gasteiger partial charge in [-0.1, -0.05) is 23.7 Å². The van der Waals surface area contributed by atoms with Gasteiger partial charge in [-0.3, -0.25) is 0 Å². The van der Waals surface area contributed by atoms with Crippen LogP contribution in [-0.2, 0) is 0 Å². The topological polar surface area (TPSA) is 27.3 Å². The van der Waals surface area contributed by atoms with Crippen LogP contribution < -0.4 is 10.6 Å². The first-order chi connectivity index (χ1) is 10.9. The fraction of sp³-hybridized carbons (Fsp3) is 0.353. The third-order valence-corrected chi connectivity index (χ3v) is 5.14. The Balaban J connectivity index is 2.00. The molecule has 1 aromatic carbocycles. The molecule has 0 aliphatic rings. The average Bonchev–Trinajstić information content (AvgIpc) is 2.96. The first-order valence-electron chi connectivity index (χ1n) is 7.40. The number of nitrogens with zero attached hydrogens (tertiary/aromatic N) is 1. The molecule has 1 heterocycles. The van der Waals surface area contributed by atoms with Gasteiger partial charge in [0, 0.05) is 11.4 Å². The second-order valence-corrected chi connectivity index (χ2v) is 7.56. The monoisotopic (exact) mass is 367 g/mol. The van der Waals surface area contributed by atoms with E-state index in [2.05, 4.69) is 53.2 Å². The molecule has 2 N–H and O–H groups in total. The first-order valence-corrected chi connectivity index (χ1v) is 9.06. The largest absolute Gasteiger partial charge is 0.360 e. The fourth-order valence-electron chi connectivity index (χ4n) is 2.44. The third kappa shape index (κ3) is 4.91. The lowest BCUT2D eigenvalue weighted by Gasteiger charge is -2.24. The zero-order valence-electron chi connectivity index (χ0n) is 13.8. The van der Waals surface area contributed by atoms with Crippen LogP contribution in [0.25, 0.3) is 0 Å².